The SMILES string of the molecule is COc1ccc(-c2cc(C(=O)OCC(=O)c3ccc(C)c(C)c3)c3cccc(C)c3n2)cc1. The van der Waals surface area contributed by atoms with Gasteiger partial charge in [-0.15, -0.1) is 0 Å². The number of carbonyl (C=O) groups excluding carboxylic acids is 2. The van der Waals surface area contributed by atoms with Crippen molar-refractivity contribution < 1.29 is 19.1 Å². The smallest absolute Gasteiger partial charge is 0.339 e. The van der Waals surface area contributed by atoms with E-state index in [1.54, 1.807) is 19.2 Å². The molecule has 0 radical (unpaired) electrons. The predicted molar refractivity (Wildman–Crippen MR) is 129 cm³/mol. The van der Waals surface area contributed by atoms with Crippen molar-refractivity contribution in [1.29, 1.82) is 0 Å². The molecular formula is C28H25NO4. The highest BCUT2D eigenvalue weighted by Gasteiger charge is 2.18. The molecule has 0 amide bonds. The standard InChI is InChI=1S/C28H25NO4/c1-17-8-9-21(14-19(17)3)26(30)16-33-28(31)24-15-25(20-10-12-22(32-4)13-11-20)29-27-18(2)6-5-7-23(24)27/h5-15H,16H2,1-4H3. The molecule has 166 valence electrons. The summed E-state index contributed by atoms with van der Waals surface area (Å²) in [6.07, 6.45) is 0. The van der Waals surface area contributed by atoms with Crippen LogP contribution in [0.1, 0.15) is 37.4 Å². The van der Waals surface area contributed by atoms with E-state index >= 15 is 0 Å². The number of ketones is 1. The molecule has 1 aromatic heterocycles. The number of ether oxygens (including phenoxy) is 2. The van der Waals surface area contributed by atoms with Crippen LogP contribution in [-0.4, -0.2) is 30.5 Å². The van der Waals surface area contributed by atoms with Crippen molar-refractivity contribution in [3.8, 4) is 17.0 Å². The molecule has 5 heteroatoms. The number of aryl methyl sites for hydroxylation is 3. The van der Waals surface area contributed by atoms with Gasteiger partial charge in [-0.1, -0.05) is 30.3 Å². The molecule has 0 bridgehead atoms. The minimum atomic E-state index is -0.556. The van der Waals surface area contributed by atoms with Crippen LogP contribution in [0.15, 0.2) is 66.7 Å². The molecular weight excluding hydrogens is 414 g/mol. The summed E-state index contributed by atoms with van der Waals surface area (Å²) in [6.45, 7) is 5.56. The molecule has 0 unspecified atom stereocenters. The average Bonchev–Trinajstić information content (AvgIpc) is 2.83. The molecule has 3 aromatic carbocycles. The molecule has 0 saturated carbocycles. The van der Waals surface area contributed by atoms with Crippen LogP contribution < -0.4 is 4.74 Å². The number of nitrogens with zero attached hydrogens (tertiary/aromatic N) is 1. The topological polar surface area (TPSA) is 65.5 Å². The first-order valence-electron chi connectivity index (χ1n) is 10.7. The molecule has 0 saturated heterocycles. The van der Waals surface area contributed by atoms with Crippen LogP contribution in [0.5, 0.6) is 5.75 Å². The van der Waals surface area contributed by atoms with E-state index in [2.05, 4.69) is 0 Å². The second kappa shape index (κ2) is 9.25. The largest absolute Gasteiger partial charge is 0.497 e. The molecule has 33 heavy (non-hydrogen) atoms. The summed E-state index contributed by atoms with van der Waals surface area (Å²) in [5, 5.41) is 0.691. The van der Waals surface area contributed by atoms with E-state index in [9.17, 15) is 9.59 Å². The van der Waals surface area contributed by atoms with E-state index < -0.39 is 5.97 Å². The maximum absolute atomic E-state index is 13.1. The van der Waals surface area contributed by atoms with Crippen LogP contribution in [0, 0.1) is 20.8 Å². The van der Waals surface area contributed by atoms with Gasteiger partial charge in [-0.05, 0) is 73.9 Å². The summed E-state index contributed by atoms with van der Waals surface area (Å²) in [4.78, 5) is 30.5. The summed E-state index contributed by atoms with van der Waals surface area (Å²) in [6, 6.07) is 20.3. The van der Waals surface area contributed by atoms with Crippen LogP contribution in [0.3, 0.4) is 0 Å². The summed E-state index contributed by atoms with van der Waals surface area (Å²) in [5.41, 5.74) is 6.19. The number of para-hydroxylation sites is 1. The number of hydrogen-bond acceptors (Lipinski definition) is 5. The van der Waals surface area contributed by atoms with Crippen molar-refractivity contribution in [3.05, 3.63) is 94.5 Å². The average molecular weight is 440 g/mol. The fraction of sp³-hybridized carbons (Fsp3) is 0.179. The molecule has 0 atom stereocenters. The number of aromatic nitrogens is 1. The lowest BCUT2D eigenvalue weighted by Crippen LogP contribution is -2.15. The van der Waals surface area contributed by atoms with Crippen LogP contribution in [0.25, 0.3) is 22.2 Å². The Labute approximate surface area is 193 Å². The molecule has 0 aliphatic carbocycles. The van der Waals surface area contributed by atoms with Gasteiger partial charge in [-0.3, -0.25) is 4.79 Å². The highest BCUT2D eigenvalue weighted by Crippen LogP contribution is 2.28. The maximum Gasteiger partial charge on any atom is 0.339 e. The third kappa shape index (κ3) is 4.62. The molecule has 4 aromatic rings. The number of rotatable bonds is 6. The van der Waals surface area contributed by atoms with Crippen LogP contribution >= 0.6 is 0 Å². The Morgan fingerprint density at radius 2 is 1.61 bits per heavy atom. The van der Waals surface area contributed by atoms with Gasteiger partial charge in [0.15, 0.2) is 12.4 Å². The lowest BCUT2D eigenvalue weighted by molar-refractivity contribution is 0.0476. The highest BCUT2D eigenvalue weighted by atomic mass is 16.5. The molecule has 0 N–H and O–H groups in total. The molecule has 0 fully saturated rings. The first-order chi connectivity index (χ1) is 15.9. The number of methoxy groups -OCH3 is 1. The minimum Gasteiger partial charge on any atom is -0.497 e. The van der Waals surface area contributed by atoms with Crippen LogP contribution in [-0.2, 0) is 4.74 Å². The zero-order chi connectivity index (χ0) is 23.5. The number of esters is 1. The van der Waals surface area contributed by atoms with E-state index in [0.717, 1.165) is 33.5 Å². The molecule has 1 heterocycles. The number of Topliss-reactive ketones (excluding diaryl/α,β-unsaturated/α-hetero) is 1. The van der Waals surface area contributed by atoms with Crippen molar-refractivity contribution in [2.75, 3.05) is 13.7 Å². The van der Waals surface area contributed by atoms with Crippen molar-refractivity contribution in [3.63, 3.8) is 0 Å². The lowest BCUT2D eigenvalue weighted by atomic mass is 10.0. The summed E-state index contributed by atoms with van der Waals surface area (Å²) in [7, 11) is 1.61. The number of carbonyl (C=O) groups is 2. The number of fused-ring (bicyclic) bond motifs is 1. The summed E-state index contributed by atoms with van der Waals surface area (Å²) in [5.74, 6) is -0.0588. The fourth-order valence-electron chi connectivity index (χ4n) is 3.68. The zero-order valence-corrected chi connectivity index (χ0v) is 19.1. The minimum absolute atomic E-state index is 0.239. The maximum atomic E-state index is 13.1. The Morgan fingerprint density at radius 1 is 0.848 bits per heavy atom. The first-order valence-corrected chi connectivity index (χ1v) is 10.7. The van der Waals surface area contributed by atoms with Gasteiger partial charge >= 0.3 is 5.97 Å². The van der Waals surface area contributed by atoms with Gasteiger partial charge in [-0.25, -0.2) is 9.78 Å². The van der Waals surface area contributed by atoms with E-state index in [-0.39, 0.29) is 12.4 Å². The van der Waals surface area contributed by atoms with Crippen molar-refractivity contribution in [2.45, 2.75) is 20.8 Å². The van der Waals surface area contributed by atoms with Crippen molar-refractivity contribution >= 4 is 22.7 Å². The molecule has 0 spiro atoms. The van der Waals surface area contributed by atoms with E-state index in [4.69, 9.17) is 14.5 Å². The monoisotopic (exact) mass is 439 g/mol. The lowest BCUT2D eigenvalue weighted by Gasteiger charge is -2.12. The third-order valence-corrected chi connectivity index (χ3v) is 5.81. The number of pyridine rings is 1. The van der Waals surface area contributed by atoms with Crippen LogP contribution in [0.2, 0.25) is 0 Å². The Morgan fingerprint density at radius 3 is 2.30 bits per heavy atom. The van der Waals surface area contributed by atoms with Crippen molar-refractivity contribution in [2.24, 2.45) is 0 Å². The third-order valence-electron chi connectivity index (χ3n) is 5.81. The second-order valence-electron chi connectivity index (χ2n) is 8.05. The first kappa shape index (κ1) is 22.2. The van der Waals surface area contributed by atoms with Crippen LogP contribution in [0.4, 0.5) is 0 Å². The summed E-state index contributed by atoms with van der Waals surface area (Å²) >= 11 is 0. The quantitative estimate of drug-likeness (QED) is 0.277. The van der Waals surface area contributed by atoms with Gasteiger partial charge in [0.05, 0.1) is 23.9 Å². The van der Waals surface area contributed by atoms with E-state index in [0.29, 0.717) is 22.2 Å². The number of hydrogen-bond donors (Lipinski definition) is 0. The Hall–Kier alpha value is -3.99. The Bertz CT molecular complexity index is 1360. The fourth-order valence-corrected chi connectivity index (χ4v) is 3.68. The van der Waals surface area contributed by atoms with E-state index in [1.165, 1.54) is 0 Å². The Balaban J connectivity index is 1.66. The van der Waals surface area contributed by atoms with E-state index in [1.807, 2.05) is 75.4 Å². The molecule has 0 aliphatic heterocycles. The highest BCUT2D eigenvalue weighted by molar-refractivity contribution is 6.06. The zero-order valence-electron chi connectivity index (χ0n) is 19.1. The van der Waals surface area contributed by atoms with Gasteiger partial charge in [-0.2, -0.15) is 0 Å². The van der Waals surface area contributed by atoms with Gasteiger partial charge in [0.1, 0.15) is 5.75 Å². The van der Waals surface area contributed by atoms with Crippen molar-refractivity contribution in [1.82, 2.24) is 4.98 Å². The second-order valence-corrected chi connectivity index (χ2v) is 8.05. The normalized spacial score (nSPS) is 10.8. The van der Waals surface area contributed by atoms with Gasteiger partial charge in [0.2, 0.25) is 0 Å². The van der Waals surface area contributed by atoms with Gasteiger partial charge in [0, 0.05) is 16.5 Å². The predicted octanol–water partition coefficient (Wildman–Crippen LogP) is 5.88. The van der Waals surface area contributed by atoms with Gasteiger partial charge in [0.25, 0.3) is 0 Å². The summed E-state index contributed by atoms with van der Waals surface area (Å²) < 4.78 is 10.7. The molecule has 5 nitrogen and oxygen atoms in total. The van der Waals surface area contributed by atoms with Gasteiger partial charge < -0.3 is 9.47 Å². The molecule has 0 aliphatic rings. The number of benzene rings is 3. The Kier molecular flexibility index (Phi) is 6.22. The molecule has 4 rings (SSSR count).